The van der Waals surface area contributed by atoms with Crippen LogP contribution in [0.1, 0.15) is 23.6 Å². The molecule has 5 aromatic rings. The lowest BCUT2D eigenvalue weighted by Crippen LogP contribution is -2.26. The van der Waals surface area contributed by atoms with Crippen LogP contribution in [0.2, 0.25) is 0 Å². The Labute approximate surface area is 181 Å². The fourth-order valence-corrected chi connectivity index (χ4v) is 5.04. The van der Waals surface area contributed by atoms with Crippen molar-refractivity contribution in [3.05, 3.63) is 82.2 Å². The molecule has 0 spiro atoms. The molecule has 0 bridgehead atoms. The molecular weight excluding hydrogens is 412 g/mol. The van der Waals surface area contributed by atoms with Crippen molar-refractivity contribution in [2.45, 2.75) is 18.9 Å². The maximum Gasteiger partial charge on any atom is 0.329 e. The quantitative estimate of drug-likeness (QED) is 0.423. The summed E-state index contributed by atoms with van der Waals surface area (Å²) in [6, 6.07) is 7.35. The third kappa shape index (κ3) is 2.52. The highest BCUT2D eigenvalue weighted by Crippen LogP contribution is 2.41. The number of pyridine rings is 1. The van der Waals surface area contributed by atoms with Gasteiger partial charge in [0.05, 0.1) is 35.0 Å². The molecule has 0 aliphatic carbocycles. The normalized spacial score (nSPS) is 15.7. The molecule has 3 aromatic heterocycles. The van der Waals surface area contributed by atoms with Crippen LogP contribution in [-0.2, 0) is 20.5 Å². The molecule has 1 aliphatic rings. The van der Waals surface area contributed by atoms with Gasteiger partial charge in [-0.2, -0.15) is 5.10 Å². The number of aromatic nitrogens is 5. The first-order valence-electron chi connectivity index (χ1n) is 10.4. The number of nitrogens with zero attached hydrogens (tertiary/aromatic N) is 5. The van der Waals surface area contributed by atoms with Gasteiger partial charge in [0.25, 0.3) is 0 Å². The minimum absolute atomic E-state index is 0.177. The Bertz CT molecular complexity index is 1590. The number of imidazole rings is 1. The zero-order valence-corrected chi connectivity index (χ0v) is 17.5. The first-order valence-corrected chi connectivity index (χ1v) is 10.4. The molecule has 0 amide bonds. The first-order chi connectivity index (χ1) is 15.4. The van der Waals surface area contributed by atoms with Crippen molar-refractivity contribution in [3.63, 3.8) is 0 Å². The smallest absolute Gasteiger partial charge is 0.293 e. The van der Waals surface area contributed by atoms with Crippen molar-refractivity contribution < 1.29 is 8.78 Å². The molecule has 32 heavy (non-hydrogen) atoms. The average molecular weight is 431 g/mol. The molecular formula is C24H19F2N5O. The van der Waals surface area contributed by atoms with Crippen LogP contribution in [0, 0.1) is 11.6 Å². The summed E-state index contributed by atoms with van der Waals surface area (Å²) in [5, 5.41) is 5.00. The highest BCUT2D eigenvalue weighted by atomic mass is 19.1. The number of benzene rings is 2. The fraction of sp³-hybridized carbons (Fsp3) is 0.208. The summed E-state index contributed by atoms with van der Waals surface area (Å²) in [4.78, 5) is 17.8. The third-order valence-electron chi connectivity index (χ3n) is 6.49. The third-order valence-corrected chi connectivity index (χ3v) is 6.49. The Morgan fingerprint density at radius 1 is 1.09 bits per heavy atom. The van der Waals surface area contributed by atoms with E-state index in [0.717, 1.165) is 22.0 Å². The van der Waals surface area contributed by atoms with E-state index in [4.69, 9.17) is 0 Å². The summed E-state index contributed by atoms with van der Waals surface area (Å²) in [5.74, 6) is -0.694. The Balaban J connectivity index is 1.74. The lowest BCUT2D eigenvalue weighted by molar-refractivity contribution is 0.533. The van der Waals surface area contributed by atoms with Crippen molar-refractivity contribution >= 4 is 21.9 Å². The van der Waals surface area contributed by atoms with Crippen molar-refractivity contribution in [2.75, 3.05) is 0 Å². The van der Waals surface area contributed by atoms with Gasteiger partial charge in [-0.3, -0.25) is 18.8 Å². The SMILES string of the molecule is Cn1cc(-c2c(F)cc3ncc4c5c3c2CCC(c2ccc(F)cc2)n5c(=O)n4C)cn1. The summed E-state index contributed by atoms with van der Waals surface area (Å²) >= 11 is 0. The minimum atomic E-state index is -0.364. The summed E-state index contributed by atoms with van der Waals surface area (Å²) in [5.41, 5.74) is 4.57. The summed E-state index contributed by atoms with van der Waals surface area (Å²) in [6.45, 7) is 0. The van der Waals surface area contributed by atoms with Gasteiger partial charge in [0.2, 0.25) is 0 Å². The second-order valence-corrected chi connectivity index (χ2v) is 8.32. The van der Waals surface area contributed by atoms with Crippen LogP contribution < -0.4 is 5.69 Å². The topological polar surface area (TPSA) is 57.6 Å². The molecule has 1 aliphatic heterocycles. The molecule has 0 radical (unpaired) electrons. The molecule has 0 fully saturated rings. The molecule has 2 aromatic carbocycles. The summed E-state index contributed by atoms with van der Waals surface area (Å²) < 4.78 is 33.9. The van der Waals surface area contributed by atoms with Crippen LogP contribution in [0.3, 0.4) is 0 Å². The number of hydrogen-bond donors (Lipinski definition) is 0. The van der Waals surface area contributed by atoms with E-state index in [1.165, 1.54) is 18.2 Å². The minimum Gasteiger partial charge on any atom is -0.293 e. The van der Waals surface area contributed by atoms with E-state index in [1.54, 1.807) is 58.6 Å². The average Bonchev–Trinajstić information content (AvgIpc) is 3.24. The molecule has 1 unspecified atom stereocenters. The van der Waals surface area contributed by atoms with Crippen LogP contribution in [-0.4, -0.2) is 23.9 Å². The maximum atomic E-state index is 15.4. The van der Waals surface area contributed by atoms with Gasteiger partial charge in [-0.25, -0.2) is 13.6 Å². The lowest BCUT2D eigenvalue weighted by Gasteiger charge is -2.17. The Hall–Kier alpha value is -3.81. The van der Waals surface area contributed by atoms with E-state index in [-0.39, 0.29) is 23.4 Å². The predicted octanol–water partition coefficient (Wildman–Crippen LogP) is 4.10. The van der Waals surface area contributed by atoms with Gasteiger partial charge in [-0.05, 0) is 36.1 Å². The van der Waals surface area contributed by atoms with Crippen LogP contribution in [0.5, 0.6) is 0 Å². The van der Waals surface area contributed by atoms with Crippen molar-refractivity contribution in [2.24, 2.45) is 14.1 Å². The molecule has 8 heteroatoms. The molecule has 0 saturated carbocycles. The standard InChI is InChI=1S/C24H19F2N5O/c1-29-12-14(10-28-29)21-16-7-8-19(13-3-5-15(25)6-4-13)31-23-20(30(2)24(31)32)11-27-18(22(16)23)9-17(21)26/h3-6,9-12,19H,7-8H2,1-2H3. The molecule has 0 saturated heterocycles. The fourth-order valence-electron chi connectivity index (χ4n) is 5.04. The van der Waals surface area contributed by atoms with E-state index in [9.17, 15) is 9.18 Å². The van der Waals surface area contributed by atoms with E-state index in [0.29, 0.717) is 35.0 Å². The van der Waals surface area contributed by atoms with Gasteiger partial charge in [0, 0.05) is 42.9 Å². The second kappa shape index (κ2) is 6.59. The first kappa shape index (κ1) is 18.9. The predicted molar refractivity (Wildman–Crippen MR) is 118 cm³/mol. The number of aryl methyl sites for hydroxylation is 3. The molecule has 160 valence electrons. The van der Waals surface area contributed by atoms with Gasteiger partial charge < -0.3 is 0 Å². The zero-order chi connectivity index (χ0) is 22.1. The number of halogens is 2. The van der Waals surface area contributed by atoms with Gasteiger partial charge in [-0.15, -0.1) is 0 Å². The van der Waals surface area contributed by atoms with Crippen LogP contribution >= 0.6 is 0 Å². The van der Waals surface area contributed by atoms with Crippen molar-refractivity contribution in [1.29, 1.82) is 0 Å². The van der Waals surface area contributed by atoms with Crippen LogP contribution in [0.25, 0.3) is 33.1 Å². The molecule has 6 rings (SSSR count). The van der Waals surface area contributed by atoms with Gasteiger partial charge in [0.15, 0.2) is 0 Å². The number of hydrogen-bond acceptors (Lipinski definition) is 3. The Kier molecular flexibility index (Phi) is 3.90. The molecule has 4 heterocycles. The Morgan fingerprint density at radius 2 is 1.88 bits per heavy atom. The maximum absolute atomic E-state index is 15.4. The second-order valence-electron chi connectivity index (χ2n) is 8.32. The van der Waals surface area contributed by atoms with Crippen LogP contribution in [0.15, 0.2) is 53.7 Å². The monoisotopic (exact) mass is 431 g/mol. The van der Waals surface area contributed by atoms with E-state index in [1.807, 2.05) is 0 Å². The van der Waals surface area contributed by atoms with E-state index >= 15 is 4.39 Å². The Morgan fingerprint density at radius 3 is 2.59 bits per heavy atom. The van der Waals surface area contributed by atoms with Crippen molar-refractivity contribution in [3.8, 4) is 11.1 Å². The van der Waals surface area contributed by atoms with Crippen molar-refractivity contribution in [1.82, 2.24) is 23.9 Å². The van der Waals surface area contributed by atoms with Gasteiger partial charge in [-0.1, -0.05) is 12.1 Å². The molecule has 1 atom stereocenters. The van der Waals surface area contributed by atoms with E-state index in [2.05, 4.69) is 10.1 Å². The van der Waals surface area contributed by atoms with Crippen LogP contribution in [0.4, 0.5) is 8.78 Å². The molecule has 6 nitrogen and oxygen atoms in total. The lowest BCUT2D eigenvalue weighted by atomic mass is 9.92. The number of rotatable bonds is 2. The van der Waals surface area contributed by atoms with E-state index < -0.39 is 0 Å². The zero-order valence-electron chi connectivity index (χ0n) is 17.5. The highest BCUT2D eigenvalue weighted by molar-refractivity contribution is 6.07. The van der Waals surface area contributed by atoms with Gasteiger partial charge >= 0.3 is 5.69 Å². The molecule has 0 N–H and O–H groups in total. The largest absolute Gasteiger partial charge is 0.329 e. The summed E-state index contributed by atoms with van der Waals surface area (Å²) in [6.07, 6.45) is 6.15. The van der Waals surface area contributed by atoms with Gasteiger partial charge in [0.1, 0.15) is 11.6 Å². The summed E-state index contributed by atoms with van der Waals surface area (Å²) in [7, 11) is 3.50. The highest BCUT2D eigenvalue weighted by Gasteiger charge is 2.29.